The molecular formula is C23H39NO4. The summed E-state index contributed by atoms with van der Waals surface area (Å²) in [5.74, 6) is 1.73. The van der Waals surface area contributed by atoms with Crippen LogP contribution in [0.1, 0.15) is 103 Å². The summed E-state index contributed by atoms with van der Waals surface area (Å²) in [6.45, 7) is 2.17. The van der Waals surface area contributed by atoms with Crippen molar-refractivity contribution < 1.29 is 14.5 Å². The summed E-state index contributed by atoms with van der Waals surface area (Å²) in [6, 6.07) is -0.574. The van der Waals surface area contributed by atoms with Crippen molar-refractivity contribution in [2.24, 2.45) is 17.8 Å². The van der Waals surface area contributed by atoms with Gasteiger partial charge >= 0.3 is 0 Å². The third-order valence-corrected chi connectivity index (χ3v) is 7.66. The number of nitrogens with zero attached hydrogens (tertiary/aromatic N) is 1. The van der Waals surface area contributed by atoms with Crippen molar-refractivity contribution in [3.05, 3.63) is 10.1 Å². The highest BCUT2D eigenvalue weighted by molar-refractivity contribution is 5.83. The van der Waals surface area contributed by atoms with E-state index in [1.807, 2.05) is 0 Å². The van der Waals surface area contributed by atoms with Crippen LogP contribution in [-0.4, -0.2) is 29.0 Å². The molecule has 0 aromatic rings. The van der Waals surface area contributed by atoms with Crippen molar-refractivity contribution in [2.75, 3.05) is 0 Å². The van der Waals surface area contributed by atoms with Gasteiger partial charge in [-0.1, -0.05) is 45.4 Å². The van der Waals surface area contributed by atoms with E-state index in [-0.39, 0.29) is 22.9 Å². The van der Waals surface area contributed by atoms with Crippen LogP contribution >= 0.6 is 0 Å². The van der Waals surface area contributed by atoms with Crippen LogP contribution in [0.4, 0.5) is 0 Å². The Balaban J connectivity index is 1.52. The second kappa shape index (κ2) is 10.7. The second-order valence-electron chi connectivity index (χ2n) is 9.51. The minimum atomic E-state index is -0.574. The van der Waals surface area contributed by atoms with E-state index in [1.165, 1.54) is 44.9 Å². The van der Waals surface area contributed by atoms with E-state index in [0.717, 1.165) is 32.1 Å². The number of nitro groups is 1. The first kappa shape index (κ1) is 21.7. The van der Waals surface area contributed by atoms with E-state index in [2.05, 4.69) is 6.92 Å². The van der Waals surface area contributed by atoms with Gasteiger partial charge in [0.05, 0.1) is 6.10 Å². The maximum atomic E-state index is 13.0. The molecule has 0 N–H and O–H groups in total. The quantitative estimate of drug-likeness (QED) is 0.256. The lowest BCUT2D eigenvalue weighted by atomic mass is 9.72. The minimum absolute atomic E-state index is 0.139. The van der Waals surface area contributed by atoms with Crippen LogP contribution in [0.3, 0.4) is 0 Å². The Morgan fingerprint density at radius 1 is 1.00 bits per heavy atom. The Labute approximate surface area is 170 Å². The van der Waals surface area contributed by atoms with Crippen molar-refractivity contribution in [1.82, 2.24) is 0 Å². The lowest BCUT2D eigenvalue weighted by Crippen LogP contribution is -2.47. The zero-order chi connectivity index (χ0) is 19.9. The molecule has 0 aromatic carbocycles. The Bertz CT molecular complexity index is 523. The number of Topliss-reactive ketones (excluding diaryl/α,β-unsaturated/α-hetero) is 1. The van der Waals surface area contributed by atoms with Gasteiger partial charge in [0.1, 0.15) is 6.10 Å². The molecule has 160 valence electrons. The van der Waals surface area contributed by atoms with Gasteiger partial charge in [-0.25, -0.2) is 0 Å². The summed E-state index contributed by atoms with van der Waals surface area (Å²) in [4.78, 5) is 24.3. The lowest BCUT2D eigenvalue weighted by molar-refractivity contribution is -0.524. The molecule has 2 aliphatic heterocycles. The number of hydrogen-bond donors (Lipinski definition) is 0. The fourth-order valence-corrected chi connectivity index (χ4v) is 5.96. The summed E-state index contributed by atoms with van der Waals surface area (Å²) in [5.41, 5.74) is 0. The molecule has 2 aliphatic carbocycles. The van der Waals surface area contributed by atoms with Crippen molar-refractivity contribution in [1.29, 1.82) is 0 Å². The maximum absolute atomic E-state index is 13.0. The van der Waals surface area contributed by atoms with Gasteiger partial charge in [-0.05, 0) is 56.3 Å². The standard InChI is InChI=1S/C23H39NO4/c1-2-3-4-5-6-10-19(24(26)27)13-15-21(25)23-20-14-16-22(28-23)18-9-7-8-17(20)11-12-18/h17-20,22-23H,2-16H2,1H3. The molecule has 4 bridgehead atoms. The Hall–Kier alpha value is -0.970. The normalized spacial score (nSPS) is 33.1. The van der Waals surface area contributed by atoms with E-state index >= 15 is 0 Å². The monoisotopic (exact) mass is 393 g/mol. The first-order chi connectivity index (χ1) is 13.6. The number of ether oxygens (including phenoxy) is 1. The van der Waals surface area contributed by atoms with E-state index in [9.17, 15) is 14.9 Å². The second-order valence-corrected chi connectivity index (χ2v) is 9.51. The molecular weight excluding hydrogens is 354 g/mol. The molecule has 28 heavy (non-hydrogen) atoms. The van der Waals surface area contributed by atoms with Gasteiger partial charge in [-0.2, -0.15) is 0 Å². The molecule has 5 nitrogen and oxygen atoms in total. The van der Waals surface area contributed by atoms with Crippen molar-refractivity contribution in [3.8, 4) is 0 Å². The number of fused-ring (bicyclic) bond motifs is 2. The smallest absolute Gasteiger partial charge is 0.213 e. The highest BCUT2D eigenvalue weighted by atomic mass is 16.6. The fourth-order valence-electron chi connectivity index (χ4n) is 5.96. The fraction of sp³-hybridized carbons (Fsp3) is 0.957. The number of hydrogen-bond acceptors (Lipinski definition) is 4. The summed E-state index contributed by atoms with van der Waals surface area (Å²) in [6.07, 6.45) is 15.2. The molecule has 6 atom stereocenters. The van der Waals surface area contributed by atoms with Crippen LogP contribution in [-0.2, 0) is 9.53 Å². The molecule has 2 saturated heterocycles. The number of carbonyl (C=O) groups excluding carboxylic acids is 1. The topological polar surface area (TPSA) is 69.4 Å². The van der Waals surface area contributed by atoms with Crippen molar-refractivity contribution >= 4 is 5.78 Å². The van der Waals surface area contributed by atoms with E-state index in [0.29, 0.717) is 37.0 Å². The van der Waals surface area contributed by atoms with Crippen LogP contribution in [0, 0.1) is 27.9 Å². The molecule has 5 heteroatoms. The molecule has 0 radical (unpaired) electrons. The molecule has 4 fully saturated rings. The van der Waals surface area contributed by atoms with Crippen molar-refractivity contribution in [3.63, 3.8) is 0 Å². The van der Waals surface area contributed by atoms with Crippen LogP contribution in [0.5, 0.6) is 0 Å². The third kappa shape index (κ3) is 5.55. The summed E-state index contributed by atoms with van der Waals surface area (Å²) in [5, 5.41) is 11.4. The van der Waals surface area contributed by atoms with Gasteiger partial charge in [0, 0.05) is 24.2 Å². The first-order valence-electron chi connectivity index (χ1n) is 11.9. The van der Waals surface area contributed by atoms with Gasteiger partial charge in [0.2, 0.25) is 6.04 Å². The molecule has 4 rings (SSSR count). The molecule has 0 spiro atoms. The van der Waals surface area contributed by atoms with Gasteiger partial charge in [0.15, 0.2) is 5.78 Å². The molecule has 0 amide bonds. The Kier molecular flexibility index (Phi) is 8.31. The largest absolute Gasteiger partial charge is 0.367 e. The molecule has 0 aromatic heterocycles. The number of carbonyl (C=O) groups is 1. The number of rotatable bonds is 11. The maximum Gasteiger partial charge on any atom is 0.213 e. The highest BCUT2D eigenvalue weighted by Crippen LogP contribution is 2.46. The molecule has 2 saturated carbocycles. The first-order valence-corrected chi connectivity index (χ1v) is 11.9. The van der Waals surface area contributed by atoms with Crippen LogP contribution < -0.4 is 0 Å². The predicted octanol–water partition coefficient (Wildman–Crippen LogP) is 5.72. The van der Waals surface area contributed by atoms with Crippen LogP contribution in [0.2, 0.25) is 0 Å². The average molecular weight is 394 g/mol. The van der Waals surface area contributed by atoms with Gasteiger partial charge < -0.3 is 4.74 Å². The van der Waals surface area contributed by atoms with E-state index < -0.39 is 6.04 Å². The summed E-state index contributed by atoms with van der Waals surface area (Å²) >= 11 is 0. The summed E-state index contributed by atoms with van der Waals surface area (Å²) in [7, 11) is 0. The van der Waals surface area contributed by atoms with Gasteiger partial charge in [-0.15, -0.1) is 0 Å². The molecule has 2 heterocycles. The van der Waals surface area contributed by atoms with Crippen molar-refractivity contribution in [2.45, 2.75) is 121 Å². The highest BCUT2D eigenvalue weighted by Gasteiger charge is 2.45. The van der Waals surface area contributed by atoms with Crippen LogP contribution in [0.25, 0.3) is 0 Å². The third-order valence-electron chi connectivity index (χ3n) is 7.66. The van der Waals surface area contributed by atoms with E-state index in [1.54, 1.807) is 0 Å². The number of ketones is 1. The Morgan fingerprint density at radius 2 is 1.75 bits per heavy atom. The zero-order valence-electron chi connectivity index (χ0n) is 17.7. The van der Waals surface area contributed by atoms with Crippen LogP contribution in [0.15, 0.2) is 0 Å². The summed E-state index contributed by atoms with van der Waals surface area (Å²) < 4.78 is 6.36. The minimum Gasteiger partial charge on any atom is -0.367 e. The molecule has 4 aliphatic rings. The Morgan fingerprint density at radius 3 is 2.54 bits per heavy atom. The van der Waals surface area contributed by atoms with E-state index in [4.69, 9.17) is 4.74 Å². The number of unbranched alkanes of at least 4 members (excludes halogenated alkanes) is 4. The van der Waals surface area contributed by atoms with Gasteiger partial charge in [-0.3, -0.25) is 14.9 Å². The van der Waals surface area contributed by atoms with Gasteiger partial charge in [0.25, 0.3) is 0 Å². The zero-order valence-corrected chi connectivity index (χ0v) is 17.7. The lowest BCUT2D eigenvalue weighted by Gasteiger charge is -2.43. The predicted molar refractivity (Wildman–Crippen MR) is 110 cm³/mol. The molecule has 6 unspecified atom stereocenters. The SMILES string of the molecule is CCCCCCCC(CCC(=O)C1OC2CCC1C1CCCC2CC1)[N+](=O)[O-]. The average Bonchev–Trinajstić information content (AvgIpc) is 2.86.